The van der Waals surface area contributed by atoms with Crippen LogP contribution in [0.2, 0.25) is 6.32 Å². The lowest BCUT2D eigenvalue weighted by molar-refractivity contribution is 0.364. The molecule has 3 nitrogen and oxygen atoms in total. The Morgan fingerprint density at radius 2 is 2.20 bits per heavy atom. The van der Waals surface area contributed by atoms with Gasteiger partial charge in [0, 0.05) is 0 Å². The fourth-order valence-corrected chi connectivity index (χ4v) is 0.981. The van der Waals surface area contributed by atoms with Gasteiger partial charge in [0.15, 0.2) is 0 Å². The summed E-state index contributed by atoms with van der Waals surface area (Å²) in [7, 11) is 1.51. The van der Waals surface area contributed by atoms with Crippen LogP contribution in [0.25, 0.3) is 0 Å². The summed E-state index contributed by atoms with van der Waals surface area (Å²) in [5.41, 5.74) is 0. The third kappa shape index (κ3) is 4.42. The highest BCUT2D eigenvalue weighted by Gasteiger charge is 2.06. The normalized spacial score (nSPS) is 10.7. The Morgan fingerprint density at radius 3 is 2.60 bits per heavy atom. The smallest absolute Gasteiger partial charge is 0.257 e. The molecule has 0 unspecified atom stereocenters. The molecule has 2 radical (unpaired) electrons. The molecule has 0 saturated heterocycles. The minimum atomic E-state index is -3.46. The summed E-state index contributed by atoms with van der Waals surface area (Å²) in [6, 6.07) is 0. The van der Waals surface area contributed by atoms with Crippen molar-refractivity contribution in [1.82, 2.24) is 0 Å². The van der Waals surface area contributed by atoms with Crippen LogP contribution in [0.5, 0.6) is 0 Å². The molecule has 54 valence electrons. The second-order valence-electron chi connectivity index (χ2n) is 1.52. The van der Waals surface area contributed by atoms with Crippen LogP contribution in [0.1, 0.15) is 0 Å². The first-order valence-electron chi connectivity index (χ1n) is 2.63. The zero-order valence-electron chi connectivity index (χ0n) is 5.41. The van der Waals surface area contributed by atoms with Crippen LogP contribution in [0, 0.1) is 12.3 Å². The van der Waals surface area contributed by atoms with Crippen LogP contribution in [0.3, 0.4) is 0 Å². The maximum absolute atomic E-state index is 10.6. The molecule has 0 spiro atoms. The van der Waals surface area contributed by atoms with E-state index in [4.69, 9.17) is 14.3 Å². The second-order valence-corrected chi connectivity index (χ2v) is 3.28. The van der Waals surface area contributed by atoms with Crippen LogP contribution in [-0.4, -0.2) is 28.6 Å². The van der Waals surface area contributed by atoms with Gasteiger partial charge in [0.25, 0.3) is 10.1 Å². The molecule has 0 atom stereocenters. The van der Waals surface area contributed by atoms with Crippen LogP contribution in [0.4, 0.5) is 0 Å². The van der Waals surface area contributed by atoms with Gasteiger partial charge in [-0.2, -0.15) is 8.42 Å². The molecule has 0 aromatic heterocycles. The molecule has 0 rings (SSSR count). The predicted octanol–water partition coefficient (Wildman–Crippen LogP) is -0.447. The van der Waals surface area contributed by atoms with Crippen molar-refractivity contribution in [2.75, 3.05) is 12.4 Å². The Balaban J connectivity index is 3.80. The molecule has 0 aromatic carbocycles. The second kappa shape index (κ2) is 4.37. The van der Waals surface area contributed by atoms with Crippen molar-refractivity contribution in [2.45, 2.75) is 6.32 Å². The summed E-state index contributed by atoms with van der Waals surface area (Å²) >= 11 is 0. The largest absolute Gasteiger partial charge is 0.267 e. The van der Waals surface area contributed by atoms with Gasteiger partial charge in [0.1, 0.15) is 6.61 Å². The Kier molecular flexibility index (Phi) is 4.16. The minimum Gasteiger partial charge on any atom is -0.257 e. The van der Waals surface area contributed by atoms with E-state index in [1.165, 1.54) is 0 Å². The van der Waals surface area contributed by atoms with Gasteiger partial charge in [0.05, 0.1) is 13.6 Å². The summed E-state index contributed by atoms with van der Waals surface area (Å²) in [6.45, 7) is -0.220. The van der Waals surface area contributed by atoms with E-state index in [-0.39, 0.29) is 18.7 Å². The number of hydrogen-bond donors (Lipinski definition) is 0. The zero-order chi connectivity index (χ0) is 8.04. The highest BCUT2D eigenvalue weighted by atomic mass is 32.2. The maximum atomic E-state index is 10.6. The molecule has 0 bridgehead atoms. The van der Waals surface area contributed by atoms with Gasteiger partial charge in [-0.15, -0.1) is 6.42 Å². The lowest BCUT2D eigenvalue weighted by Crippen LogP contribution is -2.10. The first kappa shape index (κ1) is 9.53. The highest BCUT2D eigenvalue weighted by Crippen LogP contribution is 1.93. The molecule has 0 fully saturated rings. The zero-order valence-corrected chi connectivity index (χ0v) is 6.23. The van der Waals surface area contributed by atoms with Crippen LogP contribution < -0.4 is 0 Å². The Labute approximate surface area is 62.3 Å². The molecule has 5 heteroatoms. The maximum Gasteiger partial charge on any atom is 0.267 e. The van der Waals surface area contributed by atoms with Crippen molar-refractivity contribution in [3.63, 3.8) is 0 Å². The van der Waals surface area contributed by atoms with Crippen molar-refractivity contribution in [1.29, 1.82) is 0 Å². The lowest BCUT2D eigenvalue weighted by Gasteiger charge is -1.98. The summed E-state index contributed by atoms with van der Waals surface area (Å²) in [6.07, 6.45) is 4.81. The molecular weight excluding hydrogens is 151 g/mol. The van der Waals surface area contributed by atoms with Gasteiger partial charge in [-0.05, 0) is 0 Å². The van der Waals surface area contributed by atoms with Crippen molar-refractivity contribution in [3.8, 4) is 12.3 Å². The van der Waals surface area contributed by atoms with Crippen molar-refractivity contribution < 1.29 is 12.6 Å². The summed E-state index contributed by atoms with van der Waals surface area (Å²) < 4.78 is 25.5. The van der Waals surface area contributed by atoms with Gasteiger partial charge in [-0.3, -0.25) is 4.18 Å². The van der Waals surface area contributed by atoms with E-state index in [0.29, 0.717) is 0 Å². The standard InChI is InChI=1S/C5H7BO3S/c1-2-4-9-10(7,8)5-3-6/h1H,3-5H2. The molecular formula is C5H7BO3S. The molecule has 0 heterocycles. The number of terminal acetylenes is 1. The van der Waals surface area contributed by atoms with E-state index in [0.717, 1.165) is 0 Å². The Bertz CT molecular complexity index is 214. The molecule has 10 heavy (non-hydrogen) atoms. The summed E-state index contributed by atoms with van der Waals surface area (Å²) in [5.74, 6) is 1.85. The number of rotatable bonds is 4. The summed E-state index contributed by atoms with van der Waals surface area (Å²) in [4.78, 5) is 0. The van der Waals surface area contributed by atoms with Crippen LogP contribution in [0.15, 0.2) is 0 Å². The predicted molar refractivity (Wildman–Crippen MR) is 39.1 cm³/mol. The minimum absolute atomic E-state index is 0.0485. The van der Waals surface area contributed by atoms with E-state index < -0.39 is 10.1 Å². The quantitative estimate of drug-likeness (QED) is 0.316. The molecule has 0 aliphatic heterocycles. The number of hydrogen-bond acceptors (Lipinski definition) is 3. The fourth-order valence-electron chi connectivity index (χ4n) is 0.327. The van der Waals surface area contributed by atoms with Gasteiger partial charge < -0.3 is 0 Å². The van der Waals surface area contributed by atoms with Gasteiger partial charge in [-0.25, -0.2) is 0 Å². The highest BCUT2D eigenvalue weighted by molar-refractivity contribution is 7.86. The topological polar surface area (TPSA) is 43.4 Å². The first-order valence-corrected chi connectivity index (χ1v) is 4.21. The van der Waals surface area contributed by atoms with E-state index >= 15 is 0 Å². The average molecular weight is 158 g/mol. The van der Waals surface area contributed by atoms with E-state index in [2.05, 4.69) is 4.18 Å². The molecule has 0 amide bonds. The van der Waals surface area contributed by atoms with Crippen molar-refractivity contribution >= 4 is 18.0 Å². The van der Waals surface area contributed by atoms with Crippen molar-refractivity contribution in [3.05, 3.63) is 0 Å². The average Bonchev–Trinajstić information content (AvgIpc) is 1.84. The Hall–Kier alpha value is -0.465. The van der Waals surface area contributed by atoms with E-state index in [9.17, 15) is 8.42 Å². The third-order valence-electron chi connectivity index (χ3n) is 0.690. The molecule has 0 aromatic rings. The SMILES string of the molecule is [B]CCS(=O)(=O)OCC#C. The molecule has 0 N–H and O–H groups in total. The monoisotopic (exact) mass is 158 g/mol. The summed E-state index contributed by atoms with van der Waals surface area (Å²) in [5, 5.41) is 0. The van der Waals surface area contributed by atoms with Crippen LogP contribution >= 0.6 is 0 Å². The van der Waals surface area contributed by atoms with Gasteiger partial charge >= 0.3 is 0 Å². The molecule has 0 saturated carbocycles. The van der Waals surface area contributed by atoms with Crippen molar-refractivity contribution in [2.24, 2.45) is 0 Å². The fraction of sp³-hybridized carbons (Fsp3) is 0.600. The Morgan fingerprint density at radius 1 is 1.60 bits per heavy atom. The first-order chi connectivity index (χ1) is 4.62. The van der Waals surface area contributed by atoms with Gasteiger partial charge in [0.2, 0.25) is 0 Å². The van der Waals surface area contributed by atoms with E-state index in [1.807, 2.05) is 5.92 Å². The lowest BCUT2D eigenvalue weighted by atomic mass is 10.1. The van der Waals surface area contributed by atoms with Gasteiger partial charge in [-0.1, -0.05) is 12.2 Å². The molecule has 0 aliphatic carbocycles. The third-order valence-corrected chi connectivity index (χ3v) is 1.90. The van der Waals surface area contributed by atoms with Crippen LogP contribution in [-0.2, 0) is 14.3 Å². The van der Waals surface area contributed by atoms with E-state index in [1.54, 1.807) is 0 Å². The molecule has 0 aliphatic rings.